The number of nitrogens with zero attached hydrogens (tertiary/aromatic N) is 1. The minimum atomic E-state index is -3.74. The van der Waals surface area contributed by atoms with Gasteiger partial charge in [0.2, 0.25) is 5.91 Å². The first kappa shape index (κ1) is 17.7. The van der Waals surface area contributed by atoms with E-state index in [-0.39, 0.29) is 15.9 Å². The zero-order valence-corrected chi connectivity index (χ0v) is 15.0. The van der Waals surface area contributed by atoms with Gasteiger partial charge in [-0.05, 0) is 24.6 Å². The maximum absolute atomic E-state index is 12.4. The normalized spacial score (nSPS) is 11.3. The Hall–Kier alpha value is -1.64. The molecule has 0 atom stereocenters. The number of benzene rings is 1. The second-order valence-corrected chi connectivity index (χ2v) is 8.01. The van der Waals surface area contributed by atoms with Gasteiger partial charge in [0.15, 0.2) is 5.13 Å². The molecule has 23 heavy (non-hydrogen) atoms. The monoisotopic (exact) mass is 373 g/mol. The van der Waals surface area contributed by atoms with Gasteiger partial charge in [0.05, 0.1) is 4.90 Å². The number of rotatable bonds is 6. The van der Waals surface area contributed by atoms with E-state index in [2.05, 4.69) is 15.0 Å². The van der Waals surface area contributed by atoms with Gasteiger partial charge in [-0.15, -0.1) is 11.3 Å². The van der Waals surface area contributed by atoms with Crippen LogP contribution in [0.4, 0.5) is 5.13 Å². The van der Waals surface area contributed by atoms with E-state index in [4.69, 9.17) is 11.6 Å². The molecule has 9 heteroatoms. The van der Waals surface area contributed by atoms with Crippen LogP contribution in [0, 0.1) is 6.92 Å². The topological polar surface area (TPSA) is 88.2 Å². The average molecular weight is 374 g/mol. The first-order valence-electron chi connectivity index (χ1n) is 6.76. The van der Waals surface area contributed by atoms with Gasteiger partial charge in [0, 0.05) is 36.0 Å². The SMILES string of the molecule is CC(=O)NCCc1cnc(NS(=O)(=O)c2cccc(Cl)c2C)s1. The van der Waals surface area contributed by atoms with Crippen LogP contribution in [0.2, 0.25) is 5.02 Å². The maximum atomic E-state index is 12.4. The summed E-state index contributed by atoms with van der Waals surface area (Å²) in [5, 5.41) is 3.35. The fourth-order valence-electron chi connectivity index (χ4n) is 1.88. The zero-order valence-electron chi connectivity index (χ0n) is 12.6. The van der Waals surface area contributed by atoms with Crippen LogP contribution in [0.15, 0.2) is 29.3 Å². The van der Waals surface area contributed by atoms with Crippen LogP contribution in [-0.4, -0.2) is 25.9 Å². The molecule has 0 aliphatic rings. The Labute approximate surface area is 143 Å². The fraction of sp³-hybridized carbons (Fsp3) is 0.286. The summed E-state index contributed by atoms with van der Waals surface area (Å²) in [4.78, 5) is 15.9. The summed E-state index contributed by atoms with van der Waals surface area (Å²) in [6, 6.07) is 4.72. The molecule has 6 nitrogen and oxygen atoms in total. The van der Waals surface area contributed by atoms with E-state index in [1.54, 1.807) is 25.3 Å². The molecule has 2 aromatic rings. The molecule has 1 aromatic heterocycles. The third-order valence-corrected chi connectivity index (χ3v) is 6.02. The van der Waals surface area contributed by atoms with Crippen molar-refractivity contribution in [3.63, 3.8) is 0 Å². The number of amides is 1. The van der Waals surface area contributed by atoms with Gasteiger partial charge in [-0.2, -0.15) is 0 Å². The number of aromatic nitrogens is 1. The zero-order chi connectivity index (χ0) is 17.0. The van der Waals surface area contributed by atoms with Gasteiger partial charge in [-0.25, -0.2) is 13.4 Å². The molecule has 0 aliphatic carbocycles. The fourth-order valence-corrected chi connectivity index (χ4v) is 4.43. The van der Waals surface area contributed by atoms with E-state index in [9.17, 15) is 13.2 Å². The quantitative estimate of drug-likeness (QED) is 0.814. The molecule has 0 aliphatic heterocycles. The molecule has 0 saturated carbocycles. The number of carbonyl (C=O) groups is 1. The largest absolute Gasteiger partial charge is 0.356 e. The van der Waals surface area contributed by atoms with Crippen LogP contribution in [0.3, 0.4) is 0 Å². The molecule has 0 bridgehead atoms. The highest BCUT2D eigenvalue weighted by Crippen LogP contribution is 2.26. The lowest BCUT2D eigenvalue weighted by Gasteiger charge is -2.09. The number of carbonyl (C=O) groups excluding carboxylic acids is 1. The number of anilines is 1. The number of sulfonamides is 1. The molecule has 1 amide bonds. The van der Waals surface area contributed by atoms with Crippen molar-refractivity contribution >= 4 is 44.0 Å². The highest BCUT2D eigenvalue weighted by Gasteiger charge is 2.19. The molecule has 0 spiro atoms. The van der Waals surface area contributed by atoms with Crippen molar-refractivity contribution in [2.75, 3.05) is 11.3 Å². The lowest BCUT2D eigenvalue weighted by molar-refractivity contribution is -0.118. The van der Waals surface area contributed by atoms with E-state index in [1.807, 2.05) is 0 Å². The van der Waals surface area contributed by atoms with Crippen LogP contribution in [-0.2, 0) is 21.2 Å². The van der Waals surface area contributed by atoms with E-state index in [1.165, 1.54) is 24.3 Å². The van der Waals surface area contributed by atoms with Crippen LogP contribution >= 0.6 is 22.9 Å². The van der Waals surface area contributed by atoms with Crippen LogP contribution in [0.1, 0.15) is 17.4 Å². The molecule has 2 rings (SSSR count). The molecule has 0 unspecified atom stereocenters. The molecular formula is C14H16ClN3O3S2. The van der Waals surface area contributed by atoms with E-state index < -0.39 is 10.0 Å². The number of thiazole rings is 1. The lowest BCUT2D eigenvalue weighted by Crippen LogP contribution is -2.22. The van der Waals surface area contributed by atoms with E-state index in [0.717, 1.165) is 4.88 Å². The molecule has 124 valence electrons. The van der Waals surface area contributed by atoms with Gasteiger partial charge in [0.1, 0.15) is 0 Å². The molecule has 0 fully saturated rings. The molecule has 0 radical (unpaired) electrons. The summed E-state index contributed by atoms with van der Waals surface area (Å²) in [7, 11) is -3.74. The molecule has 1 heterocycles. The Morgan fingerprint density at radius 1 is 1.39 bits per heavy atom. The maximum Gasteiger partial charge on any atom is 0.263 e. The van der Waals surface area contributed by atoms with Crippen LogP contribution in [0.25, 0.3) is 0 Å². The number of halogens is 1. The number of hydrogen-bond acceptors (Lipinski definition) is 5. The van der Waals surface area contributed by atoms with Gasteiger partial charge in [0.25, 0.3) is 10.0 Å². The third-order valence-electron chi connectivity index (χ3n) is 3.03. The van der Waals surface area contributed by atoms with Gasteiger partial charge < -0.3 is 5.32 Å². The summed E-state index contributed by atoms with van der Waals surface area (Å²) in [6.07, 6.45) is 2.18. The number of nitrogens with one attached hydrogen (secondary N) is 2. The summed E-state index contributed by atoms with van der Waals surface area (Å²) >= 11 is 7.20. The van der Waals surface area contributed by atoms with E-state index >= 15 is 0 Å². The second-order valence-electron chi connectivity index (χ2n) is 4.83. The van der Waals surface area contributed by atoms with E-state index in [0.29, 0.717) is 23.6 Å². The Balaban J connectivity index is 2.11. The summed E-state index contributed by atoms with van der Waals surface area (Å²) in [6.45, 7) is 3.58. The third kappa shape index (κ3) is 4.66. The predicted molar refractivity (Wildman–Crippen MR) is 91.5 cm³/mol. The Bertz CT molecular complexity index is 818. The summed E-state index contributed by atoms with van der Waals surface area (Å²) in [5.74, 6) is -0.105. The van der Waals surface area contributed by atoms with Crippen molar-refractivity contribution in [3.05, 3.63) is 39.9 Å². The Kier molecular flexibility index (Phi) is 5.61. The summed E-state index contributed by atoms with van der Waals surface area (Å²) in [5.41, 5.74) is 0.490. The van der Waals surface area contributed by atoms with Crippen molar-refractivity contribution in [3.8, 4) is 0 Å². The average Bonchev–Trinajstić information content (AvgIpc) is 2.88. The standard InChI is InChI=1S/C14H16ClN3O3S2/c1-9-12(15)4-3-5-13(9)23(20,21)18-14-17-8-11(22-14)6-7-16-10(2)19/h3-5,8H,6-7H2,1-2H3,(H,16,19)(H,17,18). The van der Waals surface area contributed by atoms with Gasteiger partial charge >= 0.3 is 0 Å². The second kappa shape index (κ2) is 7.29. The van der Waals surface area contributed by atoms with Gasteiger partial charge in [-0.1, -0.05) is 17.7 Å². The van der Waals surface area contributed by atoms with Crippen molar-refractivity contribution in [2.45, 2.75) is 25.2 Å². The smallest absolute Gasteiger partial charge is 0.263 e. The minimum Gasteiger partial charge on any atom is -0.356 e. The summed E-state index contributed by atoms with van der Waals surface area (Å²) < 4.78 is 27.3. The highest BCUT2D eigenvalue weighted by molar-refractivity contribution is 7.93. The highest BCUT2D eigenvalue weighted by atomic mass is 35.5. The number of hydrogen-bond donors (Lipinski definition) is 2. The minimum absolute atomic E-state index is 0.105. The van der Waals surface area contributed by atoms with Crippen molar-refractivity contribution in [1.82, 2.24) is 10.3 Å². The van der Waals surface area contributed by atoms with Gasteiger partial charge in [-0.3, -0.25) is 9.52 Å². The first-order valence-corrected chi connectivity index (χ1v) is 9.44. The molecule has 2 N–H and O–H groups in total. The Morgan fingerprint density at radius 2 is 2.13 bits per heavy atom. The van der Waals surface area contributed by atoms with Crippen LogP contribution in [0.5, 0.6) is 0 Å². The molecule has 1 aromatic carbocycles. The predicted octanol–water partition coefficient (Wildman–Crippen LogP) is 2.58. The first-order chi connectivity index (χ1) is 10.8. The lowest BCUT2D eigenvalue weighted by atomic mass is 10.2. The van der Waals surface area contributed by atoms with Crippen molar-refractivity contribution in [2.24, 2.45) is 0 Å². The molecular weight excluding hydrogens is 358 g/mol. The molecule has 0 saturated heterocycles. The Morgan fingerprint density at radius 3 is 2.83 bits per heavy atom. The van der Waals surface area contributed by atoms with Crippen molar-refractivity contribution in [1.29, 1.82) is 0 Å². The van der Waals surface area contributed by atoms with Crippen molar-refractivity contribution < 1.29 is 13.2 Å². The van der Waals surface area contributed by atoms with Crippen LogP contribution < -0.4 is 10.0 Å².